The van der Waals surface area contributed by atoms with E-state index in [0.29, 0.717) is 37.9 Å². The molecule has 0 amide bonds. The molecule has 7 heteroatoms. The van der Waals surface area contributed by atoms with Crippen LogP contribution in [-0.4, -0.2) is 27.9 Å². The fraction of sp³-hybridized carbons (Fsp3) is 0.571. The molecule has 0 spiro atoms. The van der Waals surface area contributed by atoms with Crippen molar-refractivity contribution in [3.8, 4) is 5.75 Å². The van der Waals surface area contributed by atoms with Crippen molar-refractivity contribution in [2.24, 2.45) is 0 Å². The Hall–Kier alpha value is -1.21. The van der Waals surface area contributed by atoms with Gasteiger partial charge in [0.2, 0.25) is 5.82 Å². The van der Waals surface area contributed by atoms with Gasteiger partial charge in [0.15, 0.2) is 11.6 Å². The van der Waals surface area contributed by atoms with Crippen LogP contribution in [0.1, 0.15) is 35.4 Å². The third-order valence-corrected chi connectivity index (χ3v) is 4.69. The number of fused-ring (bicyclic) bond motifs is 3. The van der Waals surface area contributed by atoms with Gasteiger partial charge in [0.1, 0.15) is 0 Å². The first kappa shape index (κ1) is 14.7. The summed E-state index contributed by atoms with van der Waals surface area (Å²) in [6, 6.07) is 0. The minimum Gasteiger partial charge on any atom is -0.490 e. The van der Waals surface area contributed by atoms with E-state index >= 15 is 0 Å². The molecule has 1 heterocycles. The van der Waals surface area contributed by atoms with Crippen LogP contribution in [0.4, 0.5) is 8.78 Å². The number of hydrogen-bond donors (Lipinski definition) is 0. The lowest BCUT2D eigenvalue weighted by Crippen LogP contribution is -2.08. The van der Waals surface area contributed by atoms with E-state index in [9.17, 15) is 17.2 Å². The third kappa shape index (κ3) is 2.64. The second-order valence-electron chi connectivity index (χ2n) is 5.48. The van der Waals surface area contributed by atoms with Gasteiger partial charge < -0.3 is 4.74 Å². The van der Waals surface area contributed by atoms with Crippen LogP contribution < -0.4 is 4.74 Å². The van der Waals surface area contributed by atoms with Crippen LogP contribution in [0.25, 0.3) is 0 Å². The molecule has 1 aliphatic carbocycles. The fourth-order valence-corrected chi connectivity index (χ4v) is 3.67. The number of ether oxygens (including phenoxy) is 1. The Labute approximate surface area is 122 Å². The highest BCUT2D eigenvalue weighted by Crippen LogP contribution is 2.46. The quantitative estimate of drug-likeness (QED) is 0.799. The van der Waals surface area contributed by atoms with Crippen LogP contribution in [0.2, 0.25) is 0 Å². The summed E-state index contributed by atoms with van der Waals surface area (Å²) in [5.74, 6) is -1.69. The minimum absolute atomic E-state index is 0.00713. The van der Waals surface area contributed by atoms with Crippen molar-refractivity contribution in [2.75, 3.05) is 19.5 Å². The van der Waals surface area contributed by atoms with E-state index in [1.54, 1.807) is 0 Å². The topological polar surface area (TPSA) is 52.6 Å². The van der Waals surface area contributed by atoms with Crippen molar-refractivity contribution < 1.29 is 26.1 Å². The Morgan fingerprint density at radius 2 is 2.00 bits per heavy atom. The maximum absolute atomic E-state index is 14.1. The highest BCUT2D eigenvalue weighted by Gasteiger charge is 2.35. The van der Waals surface area contributed by atoms with Gasteiger partial charge in [0, 0.05) is 12.0 Å². The molecule has 0 saturated carbocycles. The van der Waals surface area contributed by atoms with Crippen LogP contribution in [0.15, 0.2) is 0 Å². The molecule has 116 valence electrons. The first-order valence-corrected chi connectivity index (χ1v) is 8.70. The first-order valence-electron chi connectivity index (χ1n) is 6.88. The molecule has 1 aliphatic heterocycles. The summed E-state index contributed by atoms with van der Waals surface area (Å²) in [6.45, 7) is 0.409. The zero-order valence-electron chi connectivity index (χ0n) is 11.6. The van der Waals surface area contributed by atoms with Gasteiger partial charge in [0.05, 0.1) is 19.5 Å². The third-order valence-electron chi connectivity index (χ3n) is 4.09. The van der Waals surface area contributed by atoms with Gasteiger partial charge in [-0.3, -0.25) is 4.18 Å². The zero-order chi connectivity index (χ0) is 15.2. The van der Waals surface area contributed by atoms with Gasteiger partial charge in [-0.1, -0.05) is 0 Å². The Morgan fingerprint density at radius 3 is 2.71 bits per heavy atom. The average Bonchev–Trinajstić information content (AvgIpc) is 3.00. The Bertz CT molecular complexity index is 685. The van der Waals surface area contributed by atoms with Crippen molar-refractivity contribution >= 4 is 10.1 Å². The van der Waals surface area contributed by atoms with E-state index in [4.69, 9.17) is 8.92 Å². The minimum atomic E-state index is -3.48. The molecular formula is C14H16F2O4S. The molecule has 0 aromatic heterocycles. The molecule has 0 radical (unpaired) electrons. The maximum Gasteiger partial charge on any atom is 0.264 e. The Kier molecular flexibility index (Phi) is 3.65. The van der Waals surface area contributed by atoms with Crippen molar-refractivity contribution in [3.63, 3.8) is 0 Å². The molecule has 0 bridgehead atoms. The van der Waals surface area contributed by atoms with Crippen molar-refractivity contribution in [1.29, 1.82) is 0 Å². The second kappa shape index (κ2) is 5.21. The molecule has 1 aromatic carbocycles. The Morgan fingerprint density at radius 1 is 1.24 bits per heavy atom. The molecule has 0 fully saturated rings. The molecule has 0 saturated heterocycles. The van der Waals surface area contributed by atoms with Crippen LogP contribution in [0.5, 0.6) is 5.75 Å². The molecule has 21 heavy (non-hydrogen) atoms. The fourth-order valence-electron chi connectivity index (χ4n) is 3.27. The first-order chi connectivity index (χ1) is 9.88. The summed E-state index contributed by atoms with van der Waals surface area (Å²) in [5, 5.41) is 0. The smallest absolute Gasteiger partial charge is 0.264 e. The standard InChI is InChI=1S/C14H16F2O4S/c1-21(17,18)20-7-4-8-2-3-9-11(8)10-5-6-19-14(10)13(16)12(9)15/h8H,2-7H2,1H3. The molecule has 1 unspecified atom stereocenters. The van der Waals surface area contributed by atoms with Gasteiger partial charge in [-0.25, -0.2) is 4.39 Å². The van der Waals surface area contributed by atoms with Gasteiger partial charge in [-0.15, -0.1) is 0 Å². The summed E-state index contributed by atoms with van der Waals surface area (Å²) in [7, 11) is -3.48. The molecular weight excluding hydrogens is 302 g/mol. The normalized spacial score (nSPS) is 20.2. The van der Waals surface area contributed by atoms with Crippen LogP contribution in [0, 0.1) is 11.6 Å². The Balaban J connectivity index is 1.88. The van der Waals surface area contributed by atoms with Gasteiger partial charge in [0.25, 0.3) is 10.1 Å². The second-order valence-corrected chi connectivity index (χ2v) is 7.12. The van der Waals surface area contributed by atoms with Crippen molar-refractivity contribution in [1.82, 2.24) is 0 Å². The van der Waals surface area contributed by atoms with Gasteiger partial charge in [-0.2, -0.15) is 12.8 Å². The highest BCUT2D eigenvalue weighted by atomic mass is 32.2. The lowest BCUT2D eigenvalue weighted by Gasteiger charge is -2.15. The van der Waals surface area contributed by atoms with E-state index in [1.165, 1.54) is 0 Å². The lowest BCUT2D eigenvalue weighted by atomic mass is 9.92. The van der Waals surface area contributed by atoms with Crippen LogP contribution in [-0.2, 0) is 27.1 Å². The SMILES string of the molecule is CS(=O)(=O)OCCC1CCc2c(F)c(F)c3c(c21)CCO3. The van der Waals surface area contributed by atoms with Gasteiger partial charge in [-0.05, 0) is 36.3 Å². The number of halogens is 2. The average molecular weight is 318 g/mol. The van der Waals surface area contributed by atoms with Gasteiger partial charge >= 0.3 is 0 Å². The molecule has 0 N–H and O–H groups in total. The van der Waals surface area contributed by atoms with E-state index < -0.39 is 21.8 Å². The molecule has 1 atom stereocenters. The predicted octanol–water partition coefficient (Wildman–Crippen LogP) is 2.30. The lowest BCUT2D eigenvalue weighted by molar-refractivity contribution is 0.302. The van der Waals surface area contributed by atoms with E-state index in [-0.39, 0.29) is 18.3 Å². The van der Waals surface area contributed by atoms with Crippen LogP contribution in [0.3, 0.4) is 0 Å². The summed E-state index contributed by atoms with van der Waals surface area (Å²) in [4.78, 5) is 0. The summed E-state index contributed by atoms with van der Waals surface area (Å²) < 4.78 is 59.9. The highest BCUT2D eigenvalue weighted by molar-refractivity contribution is 7.85. The van der Waals surface area contributed by atoms with E-state index in [2.05, 4.69) is 0 Å². The summed E-state index contributed by atoms with van der Waals surface area (Å²) in [6.07, 6.45) is 3.18. The summed E-state index contributed by atoms with van der Waals surface area (Å²) >= 11 is 0. The maximum atomic E-state index is 14.1. The van der Waals surface area contributed by atoms with Crippen LogP contribution >= 0.6 is 0 Å². The van der Waals surface area contributed by atoms with Crippen molar-refractivity contribution in [3.05, 3.63) is 28.3 Å². The monoisotopic (exact) mass is 318 g/mol. The van der Waals surface area contributed by atoms with E-state index in [1.807, 2.05) is 0 Å². The number of rotatable bonds is 4. The number of hydrogen-bond acceptors (Lipinski definition) is 4. The molecule has 3 rings (SSSR count). The number of benzene rings is 1. The largest absolute Gasteiger partial charge is 0.490 e. The summed E-state index contributed by atoms with van der Waals surface area (Å²) in [5.41, 5.74) is 1.96. The predicted molar refractivity (Wildman–Crippen MR) is 72.0 cm³/mol. The van der Waals surface area contributed by atoms with Crippen molar-refractivity contribution in [2.45, 2.75) is 31.6 Å². The van der Waals surface area contributed by atoms with E-state index in [0.717, 1.165) is 17.4 Å². The zero-order valence-corrected chi connectivity index (χ0v) is 12.4. The molecule has 2 aliphatic rings. The molecule has 1 aromatic rings. The molecule has 4 nitrogen and oxygen atoms in total.